The first-order valence-electron chi connectivity index (χ1n) is 5.99. The number of rotatable bonds is 4. The standard InChI is InChI=1S/C14H17NO3/c1-10-12(14(15-9-16)5-4-6-14)7-11(17-2)8-13(10)18-3/h7-8H,4-6H2,1-3H3. The van der Waals surface area contributed by atoms with Crippen LogP contribution in [0.25, 0.3) is 0 Å². The van der Waals surface area contributed by atoms with Crippen molar-refractivity contribution in [3.8, 4) is 11.5 Å². The number of benzene rings is 1. The molecular formula is C14H17NO3. The van der Waals surface area contributed by atoms with Crippen molar-refractivity contribution < 1.29 is 14.3 Å². The molecule has 2 rings (SSSR count). The van der Waals surface area contributed by atoms with E-state index in [0.717, 1.165) is 41.9 Å². The lowest BCUT2D eigenvalue weighted by atomic mass is 9.71. The Morgan fingerprint density at radius 1 is 1.28 bits per heavy atom. The van der Waals surface area contributed by atoms with Crippen molar-refractivity contribution in [2.45, 2.75) is 31.7 Å². The van der Waals surface area contributed by atoms with Crippen LogP contribution in [0, 0.1) is 6.92 Å². The highest BCUT2D eigenvalue weighted by Crippen LogP contribution is 2.48. The first kappa shape index (κ1) is 12.7. The minimum atomic E-state index is -0.423. The van der Waals surface area contributed by atoms with Crippen LogP contribution in [-0.2, 0) is 10.3 Å². The summed E-state index contributed by atoms with van der Waals surface area (Å²) >= 11 is 0. The highest BCUT2D eigenvalue weighted by molar-refractivity contribution is 5.51. The Hall–Kier alpha value is -1.80. The summed E-state index contributed by atoms with van der Waals surface area (Å²) in [7, 11) is 3.24. The minimum absolute atomic E-state index is 0.423. The number of carbonyl (C=O) groups excluding carboxylic acids is 1. The number of ether oxygens (including phenoxy) is 2. The van der Waals surface area contributed by atoms with Crippen molar-refractivity contribution in [1.29, 1.82) is 0 Å². The maximum atomic E-state index is 10.7. The van der Waals surface area contributed by atoms with Gasteiger partial charge in [-0.05, 0) is 43.4 Å². The molecule has 18 heavy (non-hydrogen) atoms. The molecule has 4 nitrogen and oxygen atoms in total. The van der Waals surface area contributed by atoms with Crippen molar-refractivity contribution in [2.24, 2.45) is 4.99 Å². The van der Waals surface area contributed by atoms with E-state index in [2.05, 4.69) is 4.99 Å². The molecule has 0 radical (unpaired) electrons. The van der Waals surface area contributed by atoms with Crippen LogP contribution in [-0.4, -0.2) is 20.3 Å². The number of nitrogens with zero attached hydrogens (tertiary/aromatic N) is 1. The van der Waals surface area contributed by atoms with Crippen molar-refractivity contribution >= 4 is 6.08 Å². The van der Waals surface area contributed by atoms with Gasteiger partial charge in [0.2, 0.25) is 6.08 Å². The summed E-state index contributed by atoms with van der Waals surface area (Å²) in [5.74, 6) is 1.48. The van der Waals surface area contributed by atoms with Crippen molar-refractivity contribution in [3.63, 3.8) is 0 Å². The normalized spacial score (nSPS) is 16.4. The van der Waals surface area contributed by atoms with Crippen LogP contribution in [0.1, 0.15) is 30.4 Å². The van der Waals surface area contributed by atoms with Crippen LogP contribution in [0.15, 0.2) is 17.1 Å². The maximum absolute atomic E-state index is 10.7. The largest absolute Gasteiger partial charge is 0.497 e. The third kappa shape index (κ3) is 1.89. The van der Waals surface area contributed by atoms with Gasteiger partial charge in [0.25, 0.3) is 0 Å². The molecule has 0 N–H and O–H groups in total. The van der Waals surface area contributed by atoms with E-state index in [0.29, 0.717) is 0 Å². The fourth-order valence-electron chi connectivity index (χ4n) is 2.52. The quantitative estimate of drug-likeness (QED) is 0.607. The lowest BCUT2D eigenvalue weighted by Gasteiger charge is -2.38. The van der Waals surface area contributed by atoms with E-state index in [4.69, 9.17) is 9.47 Å². The lowest BCUT2D eigenvalue weighted by Crippen LogP contribution is -2.32. The highest BCUT2D eigenvalue weighted by atomic mass is 16.5. The van der Waals surface area contributed by atoms with Gasteiger partial charge in [-0.1, -0.05) is 0 Å². The first-order valence-corrected chi connectivity index (χ1v) is 5.99. The van der Waals surface area contributed by atoms with E-state index < -0.39 is 5.54 Å². The molecule has 0 aliphatic heterocycles. The molecule has 1 aromatic carbocycles. The molecule has 0 heterocycles. The van der Waals surface area contributed by atoms with Crippen molar-refractivity contribution in [2.75, 3.05) is 14.2 Å². The second kappa shape index (κ2) is 4.83. The molecule has 0 atom stereocenters. The zero-order chi connectivity index (χ0) is 13.2. The molecule has 0 unspecified atom stereocenters. The number of methoxy groups -OCH3 is 2. The number of hydrogen-bond acceptors (Lipinski definition) is 4. The van der Waals surface area contributed by atoms with Gasteiger partial charge in [-0.3, -0.25) is 0 Å². The molecule has 1 fully saturated rings. The summed E-state index contributed by atoms with van der Waals surface area (Å²) in [6.07, 6.45) is 4.53. The summed E-state index contributed by atoms with van der Waals surface area (Å²) in [5.41, 5.74) is 1.60. The van der Waals surface area contributed by atoms with Gasteiger partial charge in [0.1, 0.15) is 11.5 Å². The number of hydrogen-bond donors (Lipinski definition) is 0. The van der Waals surface area contributed by atoms with E-state index in [-0.39, 0.29) is 0 Å². The van der Waals surface area contributed by atoms with E-state index >= 15 is 0 Å². The van der Waals surface area contributed by atoms with Gasteiger partial charge in [-0.15, -0.1) is 0 Å². The van der Waals surface area contributed by atoms with Crippen molar-refractivity contribution in [1.82, 2.24) is 0 Å². The smallest absolute Gasteiger partial charge is 0.235 e. The van der Waals surface area contributed by atoms with Crippen LogP contribution >= 0.6 is 0 Å². The van der Waals surface area contributed by atoms with E-state index in [9.17, 15) is 4.79 Å². The topological polar surface area (TPSA) is 47.9 Å². The summed E-state index contributed by atoms with van der Waals surface area (Å²) in [6.45, 7) is 1.98. The van der Waals surface area contributed by atoms with Gasteiger partial charge in [0.15, 0.2) is 0 Å². The van der Waals surface area contributed by atoms with E-state index in [1.165, 1.54) is 0 Å². The molecule has 0 saturated heterocycles. The lowest BCUT2D eigenvalue weighted by molar-refractivity contribution is 0.252. The molecule has 1 aromatic rings. The average molecular weight is 247 g/mol. The molecule has 1 aliphatic rings. The Morgan fingerprint density at radius 2 is 2.00 bits per heavy atom. The molecule has 1 saturated carbocycles. The fourth-order valence-corrected chi connectivity index (χ4v) is 2.52. The Morgan fingerprint density at radius 3 is 2.44 bits per heavy atom. The van der Waals surface area contributed by atoms with Crippen LogP contribution in [0.3, 0.4) is 0 Å². The molecule has 1 aliphatic carbocycles. The summed E-state index contributed by atoms with van der Waals surface area (Å²) in [5, 5.41) is 0. The second-order valence-electron chi connectivity index (χ2n) is 4.59. The van der Waals surface area contributed by atoms with E-state index in [1.807, 2.05) is 19.1 Å². The SMILES string of the molecule is COc1cc(OC)c(C)c(C2(N=C=O)CCC2)c1. The average Bonchev–Trinajstić information content (AvgIpc) is 2.34. The zero-order valence-corrected chi connectivity index (χ0v) is 10.9. The third-order valence-electron chi connectivity index (χ3n) is 3.73. The van der Waals surface area contributed by atoms with Crippen LogP contribution < -0.4 is 9.47 Å². The Bertz CT molecular complexity index is 500. The Labute approximate surface area is 107 Å². The van der Waals surface area contributed by atoms with Gasteiger partial charge >= 0.3 is 0 Å². The number of isocyanates is 1. The van der Waals surface area contributed by atoms with Gasteiger partial charge in [-0.25, -0.2) is 4.79 Å². The first-order chi connectivity index (χ1) is 8.66. The van der Waals surface area contributed by atoms with Crippen molar-refractivity contribution in [3.05, 3.63) is 23.3 Å². The monoisotopic (exact) mass is 247 g/mol. The minimum Gasteiger partial charge on any atom is -0.497 e. The Kier molecular flexibility index (Phi) is 3.39. The molecule has 0 aromatic heterocycles. The van der Waals surface area contributed by atoms with Crippen LogP contribution in [0.4, 0.5) is 0 Å². The summed E-state index contributed by atoms with van der Waals surface area (Å²) in [6, 6.07) is 3.79. The summed E-state index contributed by atoms with van der Waals surface area (Å²) < 4.78 is 10.6. The molecule has 0 bridgehead atoms. The molecule has 4 heteroatoms. The van der Waals surface area contributed by atoms with Gasteiger partial charge in [0.05, 0.1) is 19.8 Å². The summed E-state index contributed by atoms with van der Waals surface area (Å²) in [4.78, 5) is 14.7. The maximum Gasteiger partial charge on any atom is 0.235 e. The predicted molar refractivity (Wildman–Crippen MR) is 67.9 cm³/mol. The number of aliphatic imine (C=N–C) groups is 1. The third-order valence-corrected chi connectivity index (χ3v) is 3.73. The van der Waals surface area contributed by atoms with Crippen LogP contribution in [0.2, 0.25) is 0 Å². The molecule has 0 spiro atoms. The predicted octanol–water partition coefficient (Wildman–Crippen LogP) is 2.73. The van der Waals surface area contributed by atoms with Crippen LogP contribution in [0.5, 0.6) is 11.5 Å². The zero-order valence-electron chi connectivity index (χ0n) is 10.9. The Balaban J connectivity index is 2.58. The second-order valence-corrected chi connectivity index (χ2v) is 4.59. The van der Waals surface area contributed by atoms with Gasteiger partial charge < -0.3 is 9.47 Å². The van der Waals surface area contributed by atoms with E-state index in [1.54, 1.807) is 20.3 Å². The molecule has 96 valence electrons. The fraction of sp³-hybridized carbons (Fsp3) is 0.500. The highest BCUT2D eigenvalue weighted by Gasteiger charge is 2.40. The van der Waals surface area contributed by atoms with Gasteiger partial charge in [-0.2, -0.15) is 4.99 Å². The van der Waals surface area contributed by atoms with Gasteiger partial charge in [0, 0.05) is 6.07 Å². The molecule has 0 amide bonds. The molecular weight excluding hydrogens is 230 g/mol.